The number of likely N-dealkylation sites (tertiary alicyclic amines) is 1. The third-order valence-corrected chi connectivity index (χ3v) is 3.38. The van der Waals surface area contributed by atoms with E-state index in [1.165, 1.54) is 12.1 Å². The molecule has 0 bridgehead atoms. The first-order chi connectivity index (χ1) is 9.58. The Labute approximate surface area is 116 Å². The number of carbonyl (C=O) groups is 2. The maximum atomic E-state index is 13.3. The quantitative estimate of drug-likeness (QED) is 0.873. The number of nitrogens with zero attached hydrogens (tertiary/aromatic N) is 1. The first kappa shape index (κ1) is 14.3. The molecular weight excluding hydrogens is 261 g/mol. The van der Waals surface area contributed by atoms with Crippen molar-refractivity contribution in [3.05, 3.63) is 29.6 Å². The number of piperidine rings is 1. The number of anilines is 1. The highest BCUT2D eigenvalue weighted by Gasteiger charge is 2.16. The Morgan fingerprint density at radius 3 is 2.60 bits per heavy atom. The lowest BCUT2D eigenvalue weighted by Gasteiger charge is -2.26. The van der Waals surface area contributed by atoms with Gasteiger partial charge in [-0.05, 0) is 37.5 Å². The van der Waals surface area contributed by atoms with E-state index in [1.807, 2.05) is 4.90 Å². The van der Waals surface area contributed by atoms with Gasteiger partial charge in [0.25, 0.3) is 5.91 Å². The summed E-state index contributed by atoms with van der Waals surface area (Å²) in [6, 6.07) is 3.96. The van der Waals surface area contributed by atoms with Crippen LogP contribution in [0.4, 0.5) is 10.1 Å². The van der Waals surface area contributed by atoms with Crippen LogP contribution in [0.15, 0.2) is 18.2 Å². The van der Waals surface area contributed by atoms with Crippen molar-refractivity contribution in [2.45, 2.75) is 19.3 Å². The number of nitrogens with two attached hydrogens (primary N) is 1. The molecule has 2 amide bonds. The van der Waals surface area contributed by atoms with Gasteiger partial charge in [-0.25, -0.2) is 4.39 Å². The smallest absolute Gasteiger partial charge is 0.251 e. The number of amides is 2. The zero-order valence-electron chi connectivity index (χ0n) is 11.2. The maximum absolute atomic E-state index is 13.3. The standard InChI is InChI=1S/C14H18FN3O2/c15-12-5-4-10(8-11(12)14(16)20)17-9-13(19)18-6-2-1-3-7-18/h4-5,8,17H,1-3,6-7,9H2,(H2,16,20). The van der Waals surface area contributed by atoms with E-state index in [1.54, 1.807) is 0 Å². The van der Waals surface area contributed by atoms with E-state index >= 15 is 0 Å². The van der Waals surface area contributed by atoms with Crippen molar-refractivity contribution in [3.63, 3.8) is 0 Å². The fourth-order valence-electron chi connectivity index (χ4n) is 2.26. The van der Waals surface area contributed by atoms with Gasteiger partial charge in [-0.15, -0.1) is 0 Å². The minimum Gasteiger partial charge on any atom is -0.376 e. The predicted octanol–water partition coefficient (Wildman–Crippen LogP) is 1.35. The van der Waals surface area contributed by atoms with Crippen molar-refractivity contribution in [2.24, 2.45) is 5.73 Å². The van der Waals surface area contributed by atoms with Gasteiger partial charge in [0.05, 0.1) is 12.1 Å². The summed E-state index contributed by atoms with van der Waals surface area (Å²) in [5.74, 6) is -1.48. The van der Waals surface area contributed by atoms with Gasteiger partial charge in [-0.2, -0.15) is 0 Å². The second-order valence-electron chi connectivity index (χ2n) is 4.85. The summed E-state index contributed by atoms with van der Waals surface area (Å²) in [6.07, 6.45) is 3.24. The molecule has 0 aliphatic carbocycles. The Morgan fingerprint density at radius 1 is 1.25 bits per heavy atom. The molecule has 0 aromatic heterocycles. The number of rotatable bonds is 4. The van der Waals surface area contributed by atoms with E-state index in [-0.39, 0.29) is 18.0 Å². The highest BCUT2D eigenvalue weighted by atomic mass is 19.1. The van der Waals surface area contributed by atoms with Gasteiger partial charge in [0.15, 0.2) is 0 Å². The third kappa shape index (κ3) is 3.46. The minimum absolute atomic E-state index is 0.00894. The van der Waals surface area contributed by atoms with Crippen molar-refractivity contribution in [2.75, 3.05) is 25.0 Å². The Morgan fingerprint density at radius 2 is 1.95 bits per heavy atom. The summed E-state index contributed by atoms with van der Waals surface area (Å²) in [5, 5.41) is 2.90. The fraction of sp³-hybridized carbons (Fsp3) is 0.429. The minimum atomic E-state index is -0.825. The van der Waals surface area contributed by atoms with E-state index in [2.05, 4.69) is 5.32 Å². The number of hydrogen-bond donors (Lipinski definition) is 2. The highest BCUT2D eigenvalue weighted by Crippen LogP contribution is 2.15. The summed E-state index contributed by atoms with van der Waals surface area (Å²) in [7, 11) is 0. The molecule has 1 aromatic carbocycles. The number of benzene rings is 1. The average molecular weight is 279 g/mol. The van der Waals surface area contributed by atoms with Gasteiger partial charge in [0.2, 0.25) is 5.91 Å². The summed E-state index contributed by atoms with van der Waals surface area (Å²) in [4.78, 5) is 24.8. The molecule has 1 heterocycles. The second kappa shape index (κ2) is 6.36. The van der Waals surface area contributed by atoms with E-state index in [0.29, 0.717) is 5.69 Å². The van der Waals surface area contributed by atoms with Crippen LogP contribution in [0.3, 0.4) is 0 Å². The molecule has 0 radical (unpaired) electrons. The average Bonchev–Trinajstić information content (AvgIpc) is 2.46. The molecule has 1 fully saturated rings. The zero-order chi connectivity index (χ0) is 14.5. The topological polar surface area (TPSA) is 75.4 Å². The van der Waals surface area contributed by atoms with Crippen molar-refractivity contribution in [1.29, 1.82) is 0 Å². The van der Waals surface area contributed by atoms with Crippen LogP contribution >= 0.6 is 0 Å². The molecule has 2 rings (SSSR count). The van der Waals surface area contributed by atoms with Crippen LogP contribution in [0.25, 0.3) is 0 Å². The number of carbonyl (C=O) groups excluding carboxylic acids is 2. The van der Waals surface area contributed by atoms with Gasteiger partial charge in [0, 0.05) is 18.8 Å². The van der Waals surface area contributed by atoms with Crippen LogP contribution in [-0.2, 0) is 4.79 Å². The lowest BCUT2D eigenvalue weighted by atomic mass is 10.1. The molecule has 0 saturated carbocycles. The normalized spacial score (nSPS) is 14.9. The molecule has 108 valence electrons. The summed E-state index contributed by atoms with van der Waals surface area (Å²) >= 11 is 0. The molecule has 0 spiro atoms. The van der Waals surface area contributed by atoms with Gasteiger partial charge in [-0.1, -0.05) is 0 Å². The SMILES string of the molecule is NC(=O)c1cc(NCC(=O)N2CCCCC2)ccc1F. The van der Waals surface area contributed by atoms with Gasteiger partial charge >= 0.3 is 0 Å². The molecule has 1 aliphatic heterocycles. The first-order valence-corrected chi connectivity index (χ1v) is 6.69. The molecule has 1 saturated heterocycles. The van der Waals surface area contributed by atoms with Crippen molar-refractivity contribution in [1.82, 2.24) is 4.90 Å². The monoisotopic (exact) mass is 279 g/mol. The zero-order valence-corrected chi connectivity index (χ0v) is 11.2. The molecular formula is C14H18FN3O2. The molecule has 1 aliphatic rings. The van der Waals surface area contributed by atoms with Gasteiger partial charge in [-0.3, -0.25) is 9.59 Å². The lowest BCUT2D eigenvalue weighted by Crippen LogP contribution is -2.39. The summed E-state index contributed by atoms with van der Waals surface area (Å²) < 4.78 is 13.3. The maximum Gasteiger partial charge on any atom is 0.251 e. The Balaban J connectivity index is 1.95. The molecule has 5 nitrogen and oxygen atoms in total. The number of halogens is 1. The second-order valence-corrected chi connectivity index (χ2v) is 4.85. The van der Waals surface area contributed by atoms with Crippen LogP contribution in [0.5, 0.6) is 0 Å². The fourth-order valence-corrected chi connectivity index (χ4v) is 2.26. The number of primary amides is 1. The van der Waals surface area contributed by atoms with Gasteiger partial charge < -0.3 is 16.0 Å². The van der Waals surface area contributed by atoms with E-state index < -0.39 is 11.7 Å². The number of nitrogens with one attached hydrogen (secondary N) is 1. The largest absolute Gasteiger partial charge is 0.376 e. The molecule has 20 heavy (non-hydrogen) atoms. The Hall–Kier alpha value is -2.11. The van der Waals surface area contributed by atoms with Gasteiger partial charge in [0.1, 0.15) is 5.82 Å². The van der Waals surface area contributed by atoms with E-state index in [0.717, 1.165) is 38.4 Å². The molecule has 0 unspecified atom stereocenters. The Bertz CT molecular complexity index is 513. The molecule has 3 N–H and O–H groups in total. The van der Waals surface area contributed by atoms with Crippen molar-refractivity contribution >= 4 is 17.5 Å². The summed E-state index contributed by atoms with van der Waals surface area (Å²) in [6.45, 7) is 1.71. The van der Waals surface area contributed by atoms with Crippen LogP contribution in [-0.4, -0.2) is 36.3 Å². The van der Waals surface area contributed by atoms with E-state index in [9.17, 15) is 14.0 Å². The van der Waals surface area contributed by atoms with Crippen LogP contribution in [0.2, 0.25) is 0 Å². The van der Waals surface area contributed by atoms with Crippen LogP contribution in [0, 0.1) is 5.82 Å². The van der Waals surface area contributed by atoms with Crippen LogP contribution in [0.1, 0.15) is 29.6 Å². The lowest BCUT2D eigenvalue weighted by molar-refractivity contribution is -0.130. The molecule has 0 atom stereocenters. The highest BCUT2D eigenvalue weighted by molar-refractivity contribution is 5.94. The first-order valence-electron chi connectivity index (χ1n) is 6.69. The molecule has 1 aromatic rings. The summed E-state index contributed by atoms with van der Waals surface area (Å²) in [5.41, 5.74) is 5.40. The Kier molecular flexibility index (Phi) is 4.55. The molecule has 6 heteroatoms. The van der Waals surface area contributed by atoms with Crippen molar-refractivity contribution in [3.8, 4) is 0 Å². The predicted molar refractivity (Wildman–Crippen MR) is 73.8 cm³/mol. The van der Waals surface area contributed by atoms with Crippen LogP contribution < -0.4 is 11.1 Å². The van der Waals surface area contributed by atoms with E-state index in [4.69, 9.17) is 5.73 Å². The van der Waals surface area contributed by atoms with Crippen molar-refractivity contribution < 1.29 is 14.0 Å². The number of hydrogen-bond acceptors (Lipinski definition) is 3. The third-order valence-electron chi connectivity index (χ3n) is 3.38.